The fourth-order valence-electron chi connectivity index (χ4n) is 1.37. The molecular weight excluding hydrogens is 318 g/mol. The van der Waals surface area contributed by atoms with Crippen LogP contribution in [0.25, 0.3) is 0 Å². The van der Waals surface area contributed by atoms with Crippen LogP contribution in [-0.4, -0.2) is 13.4 Å². The first-order chi connectivity index (χ1) is 7.33. The first-order valence-corrected chi connectivity index (χ1v) is 13.7. The lowest BCUT2D eigenvalue weighted by Gasteiger charge is -2.18. The standard InChI is InChI=1S/C10H14Cl4Si2/c1-3-15(11,12)9-5-7-10(8-6-9)16(13,14)4-2/h5-8H,3-4H2,1-2H3. The van der Waals surface area contributed by atoms with Gasteiger partial charge in [-0.15, -0.1) is 44.3 Å². The van der Waals surface area contributed by atoms with Crippen LogP contribution < -0.4 is 10.4 Å². The highest BCUT2D eigenvalue weighted by atomic mass is 35.7. The molecular formula is C10H14Cl4Si2. The third kappa shape index (κ3) is 3.40. The van der Waals surface area contributed by atoms with E-state index >= 15 is 0 Å². The summed E-state index contributed by atoms with van der Waals surface area (Å²) in [7, 11) is 0. The second-order valence-corrected chi connectivity index (χ2v) is 18.0. The zero-order valence-corrected chi connectivity index (χ0v) is 14.3. The molecule has 1 aromatic carbocycles. The lowest BCUT2D eigenvalue weighted by molar-refractivity contribution is 1.44. The largest absolute Gasteiger partial charge is 0.280 e. The van der Waals surface area contributed by atoms with Crippen molar-refractivity contribution >= 4 is 68.1 Å². The predicted octanol–water partition coefficient (Wildman–Crippen LogP) is 3.98. The number of benzene rings is 1. The molecule has 0 bridgehead atoms. The van der Waals surface area contributed by atoms with Gasteiger partial charge >= 0.3 is 0 Å². The summed E-state index contributed by atoms with van der Waals surface area (Å²) in [6.07, 6.45) is 0. The molecule has 0 spiro atoms. The van der Waals surface area contributed by atoms with Crippen molar-refractivity contribution in [2.75, 3.05) is 0 Å². The Morgan fingerprint density at radius 1 is 0.750 bits per heavy atom. The van der Waals surface area contributed by atoms with Crippen molar-refractivity contribution in [1.82, 2.24) is 0 Å². The van der Waals surface area contributed by atoms with Gasteiger partial charge in [-0.3, -0.25) is 0 Å². The summed E-state index contributed by atoms with van der Waals surface area (Å²) in [6, 6.07) is 9.46. The third-order valence-electron chi connectivity index (χ3n) is 2.62. The van der Waals surface area contributed by atoms with E-state index in [0.717, 1.165) is 22.5 Å². The Hall–Kier alpha value is 0.814. The maximum absolute atomic E-state index is 6.30. The van der Waals surface area contributed by atoms with Crippen LogP contribution in [0.3, 0.4) is 0 Å². The Morgan fingerprint density at radius 2 is 1.00 bits per heavy atom. The van der Waals surface area contributed by atoms with E-state index in [-0.39, 0.29) is 0 Å². The van der Waals surface area contributed by atoms with Crippen LogP contribution in [0.5, 0.6) is 0 Å². The summed E-state index contributed by atoms with van der Waals surface area (Å²) in [5.41, 5.74) is 0. The highest BCUT2D eigenvalue weighted by Gasteiger charge is 2.31. The summed E-state index contributed by atoms with van der Waals surface area (Å²) < 4.78 is 0. The molecule has 0 fully saturated rings. The highest BCUT2D eigenvalue weighted by molar-refractivity contribution is 7.51. The van der Waals surface area contributed by atoms with Crippen molar-refractivity contribution < 1.29 is 0 Å². The smallest absolute Gasteiger partial charge is 0.140 e. The molecule has 0 aliphatic carbocycles. The van der Waals surface area contributed by atoms with Gasteiger partial charge in [0.15, 0.2) is 0 Å². The molecule has 0 nitrogen and oxygen atoms in total. The zero-order valence-electron chi connectivity index (χ0n) is 9.24. The molecule has 0 saturated heterocycles. The van der Waals surface area contributed by atoms with Gasteiger partial charge < -0.3 is 0 Å². The second-order valence-electron chi connectivity index (χ2n) is 3.69. The highest BCUT2D eigenvalue weighted by Crippen LogP contribution is 2.22. The van der Waals surface area contributed by atoms with E-state index in [1.807, 2.05) is 38.1 Å². The number of hydrogen-bond acceptors (Lipinski definition) is 0. The molecule has 6 heteroatoms. The van der Waals surface area contributed by atoms with Gasteiger partial charge in [-0.2, -0.15) is 0 Å². The Morgan fingerprint density at radius 3 is 1.19 bits per heavy atom. The maximum atomic E-state index is 6.30. The van der Waals surface area contributed by atoms with E-state index in [4.69, 9.17) is 44.3 Å². The Labute approximate surface area is 118 Å². The molecule has 0 atom stereocenters. The summed E-state index contributed by atoms with van der Waals surface area (Å²) >= 11 is 25.2. The first kappa shape index (κ1) is 14.9. The maximum Gasteiger partial charge on any atom is 0.280 e. The molecule has 0 aromatic heterocycles. The van der Waals surface area contributed by atoms with Crippen LogP contribution in [-0.2, 0) is 0 Å². The van der Waals surface area contributed by atoms with E-state index in [1.165, 1.54) is 0 Å². The van der Waals surface area contributed by atoms with Gasteiger partial charge in [-0.25, -0.2) is 0 Å². The normalized spacial score (nSPS) is 12.9. The summed E-state index contributed by atoms with van der Waals surface area (Å²) in [5.74, 6) is 0. The van der Waals surface area contributed by atoms with Crippen molar-refractivity contribution in [2.45, 2.75) is 25.9 Å². The summed E-state index contributed by atoms with van der Waals surface area (Å²) in [6.45, 7) is -0.527. The molecule has 0 amide bonds. The molecule has 16 heavy (non-hydrogen) atoms. The second kappa shape index (κ2) is 5.64. The van der Waals surface area contributed by atoms with Crippen LogP contribution in [0.1, 0.15) is 13.8 Å². The first-order valence-electron chi connectivity index (χ1n) is 5.20. The summed E-state index contributed by atoms with van der Waals surface area (Å²) in [4.78, 5) is 0. The van der Waals surface area contributed by atoms with E-state index in [2.05, 4.69) is 0 Å². The Balaban J connectivity index is 3.00. The molecule has 0 aliphatic rings. The molecule has 90 valence electrons. The monoisotopic (exact) mass is 330 g/mol. The minimum absolute atomic E-state index is 0.799. The van der Waals surface area contributed by atoms with Crippen molar-refractivity contribution in [2.24, 2.45) is 0 Å². The van der Waals surface area contributed by atoms with Gasteiger partial charge in [0.05, 0.1) is 0 Å². The average molecular weight is 332 g/mol. The number of rotatable bonds is 4. The topological polar surface area (TPSA) is 0 Å². The van der Waals surface area contributed by atoms with Crippen LogP contribution >= 0.6 is 44.3 Å². The van der Waals surface area contributed by atoms with Gasteiger partial charge in [0.25, 0.3) is 13.4 Å². The minimum Gasteiger partial charge on any atom is -0.140 e. The third-order valence-corrected chi connectivity index (χ3v) is 12.6. The molecule has 1 rings (SSSR count). The Bertz CT molecular complexity index is 313. The van der Waals surface area contributed by atoms with Gasteiger partial charge in [-0.05, 0) is 22.5 Å². The van der Waals surface area contributed by atoms with Crippen LogP contribution in [0.15, 0.2) is 24.3 Å². The number of halogens is 4. The molecule has 1 aromatic rings. The van der Waals surface area contributed by atoms with Crippen LogP contribution in [0.2, 0.25) is 12.1 Å². The van der Waals surface area contributed by atoms with Crippen molar-refractivity contribution in [3.63, 3.8) is 0 Å². The fraction of sp³-hybridized carbons (Fsp3) is 0.400. The summed E-state index contributed by atoms with van der Waals surface area (Å²) in [5, 5.41) is 2.05. The van der Waals surface area contributed by atoms with E-state index in [1.54, 1.807) is 0 Å². The Kier molecular flexibility index (Phi) is 5.24. The molecule has 0 saturated carbocycles. The molecule has 0 heterocycles. The van der Waals surface area contributed by atoms with E-state index in [0.29, 0.717) is 0 Å². The molecule has 0 aliphatic heterocycles. The molecule has 0 N–H and O–H groups in total. The SMILES string of the molecule is CC[Si](Cl)(Cl)c1ccc([Si](Cl)(Cl)CC)cc1. The fourth-order valence-corrected chi connectivity index (χ4v) is 5.00. The average Bonchev–Trinajstić information content (AvgIpc) is 2.29. The van der Waals surface area contributed by atoms with Crippen molar-refractivity contribution in [3.8, 4) is 0 Å². The van der Waals surface area contributed by atoms with Crippen LogP contribution in [0, 0.1) is 0 Å². The molecule has 0 unspecified atom stereocenters. The van der Waals surface area contributed by atoms with Gasteiger partial charge in [0.2, 0.25) is 0 Å². The quantitative estimate of drug-likeness (QED) is 0.578. The lowest BCUT2D eigenvalue weighted by atomic mass is 10.4. The minimum atomic E-state index is -2.27. The van der Waals surface area contributed by atoms with E-state index < -0.39 is 13.4 Å². The van der Waals surface area contributed by atoms with Crippen molar-refractivity contribution in [3.05, 3.63) is 24.3 Å². The number of hydrogen-bond donors (Lipinski definition) is 0. The molecule has 0 radical (unpaired) electrons. The van der Waals surface area contributed by atoms with Crippen LogP contribution in [0.4, 0.5) is 0 Å². The predicted molar refractivity (Wildman–Crippen MR) is 81.6 cm³/mol. The zero-order chi connectivity index (χ0) is 12.4. The van der Waals surface area contributed by atoms with E-state index in [9.17, 15) is 0 Å². The van der Waals surface area contributed by atoms with Crippen molar-refractivity contribution in [1.29, 1.82) is 0 Å². The lowest BCUT2D eigenvalue weighted by Crippen LogP contribution is -2.40. The van der Waals surface area contributed by atoms with Gasteiger partial charge in [0.1, 0.15) is 0 Å². The van der Waals surface area contributed by atoms with Gasteiger partial charge in [0, 0.05) is 0 Å². The van der Waals surface area contributed by atoms with Gasteiger partial charge in [-0.1, -0.05) is 38.1 Å².